The van der Waals surface area contributed by atoms with Gasteiger partial charge in [0.2, 0.25) is 0 Å². The number of aryl methyl sites for hydroxylation is 2. The molecule has 96 valence electrons. The molecule has 4 heteroatoms. The number of nitrogens with zero attached hydrogens (tertiary/aromatic N) is 2. The van der Waals surface area contributed by atoms with Crippen molar-refractivity contribution in [3.8, 4) is 0 Å². The van der Waals surface area contributed by atoms with Gasteiger partial charge in [-0.3, -0.25) is 9.13 Å². The zero-order chi connectivity index (χ0) is 12.1. The molecule has 4 nitrogen and oxygen atoms in total. The average molecular weight is 237 g/mol. The Morgan fingerprint density at radius 2 is 2.06 bits per heavy atom. The van der Waals surface area contributed by atoms with Gasteiger partial charge in [0.15, 0.2) is 0 Å². The number of nitrogens with one attached hydrogen (secondary N) is 1. The Morgan fingerprint density at radius 3 is 2.71 bits per heavy atom. The predicted octanol–water partition coefficient (Wildman–Crippen LogP) is 1.59. The summed E-state index contributed by atoms with van der Waals surface area (Å²) in [6.07, 6.45) is 9.77. The zero-order valence-corrected chi connectivity index (χ0v) is 10.7. The smallest absolute Gasteiger partial charge is 0.314 e. The van der Waals surface area contributed by atoms with E-state index in [2.05, 4.69) is 12.2 Å². The van der Waals surface area contributed by atoms with Crippen molar-refractivity contribution in [3.05, 3.63) is 22.9 Å². The van der Waals surface area contributed by atoms with E-state index in [4.69, 9.17) is 0 Å². The Hall–Kier alpha value is -1.03. The summed E-state index contributed by atoms with van der Waals surface area (Å²) in [4.78, 5) is 11.9. The molecule has 0 saturated carbocycles. The number of piperidine rings is 1. The molecular formula is C13H23N3O. The van der Waals surface area contributed by atoms with Gasteiger partial charge in [0.25, 0.3) is 0 Å². The first-order valence-corrected chi connectivity index (χ1v) is 6.80. The maximum Gasteiger partial charge on any atom is 0.328 e. The first-order chi connectivity index (χ1) is 8.31. The van der Waals surface area contributed by atoms with Crippen LogP contribution in [0.25, 0.3) is 0 Å². The molecule has 1 aromatic rings. The molecule has 0 aliphatic carbocycles. The number of hydrogen-bond donors (Lipinski definition) is 1. The van der Waals surface area contributed by atoms with Crippen molar-refractivity contribution in [1.29, 1.82) is 0 Å². The van der Waals surface area contributed by atoms with Gasteiger partial charge in [-0.25, -0.2) is 4.79 Å². The van der Waals surface area contributed by atoms with Crippen LogP contribution in [0.3, 0.4) is 0 Å². The highest BCUT2D eigenvalue weighted by Gasteiger charge is 2.12. The van der Waals surface area contributed by atoms with E-state index < -0.39 is 0 Å². The van der Waals surface area contributed by atoms with Gasteiger partial charge in [0, 0.05) is 31.5 Å². The van der Waals surface area contributed by atoms with Crippen LogP contribution in [0, 0.1) is 0 Å². The van der Waals surface area contributed by atoms with Gasteiger partial charge in [0.1, 0.15) is 0 Å². The normalized spacial score (nSPS) is 20.6. The summed E-state index contributed by atoms with van der Waals surface area (Å²) in [5.74, 6) is 0. The van der Waals surface area contributed by atoms with Crippen LogP contribution in [0.5, 0.6) is 0 Å². The lowest BCUT2D eigenvalue weighted by Crippen LogP contribution is -2.35. The van der Waals surface area contributed by atoms with Crippen molar-refractivity contribution >= 4 is 0 Å². The van der Waals surface area contributed by atoms with Crippen molar-refractivity contribution in [2.45, 2.75) is 58.2 Å². The van der Waals surface area contributed by atoms with Crippen LogP contribution in [0.4, 0.5) is 0 Å². The second kappa shape index (κ2) is 6.05. The molecule has 17 heavy (non-hydrogen) atoms. The van der Waals surface area contributed by atoms with Crippen molar-refractivity contribution in [3.63, 3.8) is 0 Å². The van der Waals surface area contributed by atoms with E-state index in [1.54, 1.807) is 4.57 Å². The minimum atomic E-state index is 0.141. The molecule has 1 N–H and O–H groups in total. The van der Waals surface area contributed by atoms with Gasteiger partial charge < -0.3 is 5.32 Å². The second-order valence-electron chi connectivity index (χ2n) is 4.90. The highest BCUT2D eigenvalue weighted by atomic mass is 16.1. The fraction of sp³-hybridized carbons (Fsp3) is 0.769. The highest BCUT2D eigenvalue weighted by molar-refractivity contribution is 4.82. The Labute approximate surface area is 103 Å². The van der Waals surface area contributed by atoms with Crippen molar-refractivity contribution < 1.29 is 0 Å². The minimum absolute atomic E-state index is 0.141. The largest absolute Gasteiger partial charge is 0.328 e. The van der Waals surface area contributed by atoms with Crippen LogP contribution in [0.15, 0.2) is 17.2 Å². The molecular weight excluding hydrogens is 214 g/mol. The van der Waals surface area contributed by atoms with Crippen LogP contribution >= 0.6 is 0 Å². The lowest BCUT2D eigenvalue weighted by molar-refractivity contribution is 0.364. The first kappa shape index (κ1) is 12.4. The Balaban J connectivity index is 1.88. The summed E-state index contributed by atoms with van der Waals surface area (Å²) >= 11 is 0. The predicted molar refractivity (Wildman–Crippen MR) is 69.2 cm³/mol. The van der Waals surface area contributed by atoms with Crippen molar-refractivity contribution in [2.24, 2.45) is 0 Å². The van der Waals surface area contributed by atoms with Crippen molar-refractivity contribution in [2.75, 3.05) is 6.54 Å². The van der Waals surface area contributed by atoms with E-state index in [1.807, 2.05) is 17.0 Å². The van der Waals surface area contributed by atoms with E-state index in [0.717, 1.165) is 32.5 Å². The van der Waals surface area contributed by atoms with Crippen LogP contribution in [0.2, 0.25) is 0 Å². The molecule has 0 amide bonds. The standard InChI is InChI=1S/C13H23N3O/c1-2-8-15-10-11-16(13(15)17)9-6-12-5-3-4-7-14-12/h10-12,14H,2-9H2,1H3. The quantitative estimate of drug-likeness (QED) is 0.844. The van der Waals surface area contributed by atoms with Crippen LogP contribution in [-0.4, -0.2) is 21.7 Å². The summed E-state index contributed by atoms with van der Waals surface area (Å²) in [6, 6.07) is 0.602. The zero-order valence-electron chi connectivity index (χ0n) is 10.7. The third-order valence-electron chi connectivity index (χ3n) is 3.51. The Kier molecular flexibility index (Phi) is 4.42. The fourth-order valence-corrected chi connectivity index (χ4v) is 2.50. The monoisotopic (exact) mass is 237 g/mol. The molecule has 2 heterocycles. The number of hydrogen-bond acceptors (Lipinski definition) is 2. The van der Waals surface area contributed by atoms with Gasteiger partial charge >= 0.3 is 5.69 Å². The van der Waals surface area contributed by atoms with Crippen LogP contribution in [0.1, 0.15) is 39.0 Å². The van der Waals surface area contributed by atoms with Gasteiger partial charge in [-0.15, -0.1) is 0 Å². The summed E-state index contributed by atoms with van der Waals surface area (Å²) in [5.41, 5.74) is 0.141. The van der Waals surface area contributed by atoms with Crippen LogP contribution in [-0.2, 0) is 13.1 Å². The fourth-order valence-electron chi connectivity index (χ4n) is 2.50. The summed E-state index contributed by atoms with van der Waals surface area (Å²) in [6.45, 7) is 4.90. The third kappa shape index (κ3) is 3.22. The Bertz CT molecular complexity index is 388. The molecule has 0 bridgehead atoms. The van der Waals surface area contributed by atoms with E-state index >= 15 is 0 Å². The van der Waals surface area contributed by atoms with Crippen LogP contribution < -0.4 is 11.0 Å². The molecule has 1 aliphatic rings. The van der Waals surface area contributed by atoms with E-state index in [0.29, 0.717) is 6.04 Å². The molecule has 2 rings (SSSR count). The molecule has 0 aromatic carbocycles. The molecule has 1 fully saturated rings. The SMILES string of the molecule is CCCn1ccn(CCC2CCCCN2)c1=O. The number of aromatic nitrogens is 2. The summed E-state index contributed by atoms with van der Waals surface area (Å²) in [5, 5.41) is 3.52. The molecule has 1 aromatic heterocycles. The van der Waals surface area contributed by atoms with E-state index in [9.17, 15) is 4.79 Å². The first-order valence-electron chi connectivity index (χ1n) is 6.80. The molecule has 1 saturated heterocycles. The molecule has 0 radical (unpaired) electrons. The van der Waals surface area contributed by atoms with E-state index in [1.165, 1.54) is 19.3 Å². The van der Waals surface area contributed by atoms with Gasteiger partial charge in [-0.1, -0.05) is 13.3 Å². The van der Waals surface area contributed by atoms with Crippen molar-refractivity contribution in [1.82, 2.24) is 14.5 Å². The highest BCUT2D eigenvalue weighted by Crippen LogP contribution is 2.10. The number of rotatable bonds is 5. The second-order valence-corrected chi connectivity index (χ2v) is 4.90. The Morgan fingerprint density at radius 1 is 1.29 bits per heavy atom. The van der Waals surface area contributed by atoms with Gasteiger partial charge in [0.05, 0.1) is 0 Å². The summed E-state index contributed by atoms with van der Waals surface area (Å²) < 4.78 is 3.64. The summed E-state index contributed by atoms with van der Waals surface area (Å²) in [7, 11) is 0. The maximum absolute atomic E-state index is 11.9. The minimum Gasteiger partial charge on any atom is -0.314 e. The topological polar surface area (TPSA) is 39.0 Å². The number of imidazole rings is 1. The molecule has 1 aliphatic heterocycles. The average Bonchev–Trinajstić information content (AvgIpc) is 2.70. The third-order valence-corrected chi connectivity index (χ3v) is 3.51. The lowest BCUT2D eigenvalue weighted by atomic mass is 10.0. The maximum atomic E-state index is 11.9. The lowest BCUT2D eigenvalue weighted by Gasteiger charge is -2.23. The van der Waals surface area contributed by atoms with E-state index in [-0.39, 0.29) is 5.69 Å². The van der Waals surface area contributed by atoms with Gasteiger partial charge in [-0.05, 0) is 32.2 Å². The molecule has 1 atom stereocenters. The molecule has 0 spiro atoms. The van der Waals surface area contributed by atoms with Gasteiger partial charge in [-0.2, -0.15) is 0 Å². The molecule has 1 unspecified atom stereocenters.